The molecule has 18 heavy (non-hydrogen) atoms. The second kappa shape index (κ2) is 5.63. The molecule has 0 unspecified atom stereocenters. The third-order valence-electron chi connectivity index (χ3n) is 2.63. The zero-order valence-electron chi connectivity index (χ0n) is 9.87. The Bertz CT molecular complexity index is 577. The maximum absolute atomic E-state index is 13.6. The molecule has 0 amide bonds. The predicted molar refractivity (Wildman–Crippen MR) is 73.1 cm³/mol. The standard InChI is InChI=1S/C14H12ClFOS/c1-2-10-4-5-11(18-10)8-14(17)12-6-3-9(15)7-13(12)16/h3-7H,2,8H2,1H3. The van der Waals surface area contributed by atoms with Gasteiger partial charge in [-0.1, -0.05) is 18.5 Å². The summed E-state index contributed by atoms with van der Waals surface area (Å²) in [6.45, 7) is 2.07. The summed E-state index contributed by atoms with van der Waals surface area (Å²) in [5.74, 6) is -0.770. The number of Topliss-reactive ketones (excluding diaryl/α,β-unsaturated/α-hetero) is 1. The summed E-state index contributed by atoms with van der Waals surface area (Å²) < 4.78 is 13.6. The molecule has 94 valence electrons. The third kappa shape index (κ3) is 2.98. The van der Waals surface area contributed by atoms with Crippen LogP contribution in [-0.2, 0) is 12.8 Å². The van der Waals surface area contributed by atoms with E-state index in [1.54, 1.807) is 11.3 Å². The lowest BCUT2D eigenvalue weighted by Gasteiger charge is -2.01. The number of carbonyl (C=O) groups is 1. The van der Waals surface area contributed by atoms with Crippen LogP contribution in [0.5, 0.6) is 0 Å². The largest absolute Gasteiger partial charge is 0.294 e. The van der Waals surface area contributed by atoms with E-state index in [0.29, 0.717) is 5.02 Å². The molecule has 0 aliphatic carbocycles. The van der Waals surface area contributed by atoms with Crippen LogP contribution in [0.15, 0.2) is 30.3 Å². The molecule has 0 radical (unpaired) electrons. The number of carbonyl (C=O) groups excluding carboxylic acids is 1. The average molecular weight is 283 g/mol. The highest BCUT2D eigenvalue weighted by Crippen LogP contribution is 2.21. The highest BCUT2D eigenvalue weighted by molar-refractivity contribution is 7.12. The van der Waals surface area contributed by atoms with Crippen molar-refractivity contribution in [1.82, 2.24) is 0 Å². The minimum absolute atomic E-state index is 0.103. The quantitative estimate of drug-likeness (QED) is 0.753. The van der Waals surface area contributed by atoms with Gasteiger partial charge in [0.1, 0.15) is 5.82 Å². The Labute approximate surface area is 114 Å². The normalized spacial score (nSPS) is 10.6. The molecule has 2 aromatic rings. The maximum Gasteiger partial charge on any atom is 0.171 e. The Balaban J connectivity index is 2.16. The van der Waals surface area contributed by atoms with Gasteiger partial charge in [-0.3, -0.25) is 4.79 Å². The molecule has 0 spiro atoms. The van der Waals surface area contributed by atoms with E-state index in [1.807, 2.05) is 12.1 Å². The minimum atomic E-state index is -0.556. The molecule has 1 aromatic heterocycles. The SMILES string of the molecule is CCc1ccc(CC(=O)c2ccc(Cl)cc2F)s1. The molecule has 0 aliphatic rings. The van der Waals surface area contributed by atoms with Gasteiger partial charge in [-0.25, -0.2) is 4.39 Å². The van der Waals surface area contributed by atoms with Gasteiger partial charge >= 0.3 is 0 Å². The molecule has 1 nitrogen and oxygen atoms in total. The lowest BCUT2D eigenvalue weighted by Crippen LogP contribution is -2.04. The monoisotopic (exact) mass is 282 g/mol. The van der Waals surface area contributed by atoms with E-state index < -0.39 is 5.82 Å². The molecular weight excluding hydrogens is 271 g/mol. The Morgan fingerprint density at radius 1 is 1.28 bits per heavy atom. The predicted octanol–water partition coefficient (Wildman–Crippen LogP) is 4.53. The first kappa shape index (κ1) is 13.2. The molecule has 0 aliphatic heterocycles. The van der Waals surface area contributed by atoms with Crippen molar-refractivity contribution in [1.29, 1.82) is 0 Å². The summed E-state index contributed by atoms with van der Waals surface area (Å²) in [6.07, 6.45) is 1.19. The number of thiophene rings is 1. The second-order valence-electron chi connectivity index (χ2n) is 3.95. The molecule has 2 rings (SSSR count). The number of rotatable bonds is 4. The van der Waals surface area contributed by atoms with Gasteiger partial charge in [0.25, 0.3) is 0 Å². The smallest absolute Gasteiger partial charge is 0.171 e. The first-order chi connectivity index (χ1) is 8.60. The van der Waals surface area contributed by atoms with Crippen molar-refractivity contribution >= 4 is 28.7 Å². The molecule has 0 fully saturated rings. The fourth-order valence-electron chi connectivity index (χ4n) is 1.68. The fourth-order valence-corrected chi connectivity index (χ4v) is 2.79. The Hall–Kier alpha value is -1.19. The maximum atomic E-state index is 13.6. The highest BCUT2D eigenvalue weighted by atomic mass is 35.5. The van der Waals surface area contributed by atoms with Crippen LogP contribution >= 0.6 is 22.9 Å². The Morgan fingerprint density at radius 3 is 2.61 bits per heavy atom. The van der Waals surface area contributed by atoms with Gasteiger partial charge in [0.2, 0.25) is 0 Å². The van der Waals surface area contributed by atoms with Crippen LogP contribution in [0.2, 0.25) is 5.02 Å². The lowest BCUT2D eigenvalue weighted by atomic mass is 10.1. The molecular formula is C14H12ClFOS. The molecule has 1 heterocycles. The first-order valence-electron chi connectivity index (χ1n) is 5.66. The average Bonchev–Trinajstić information content (AvgIpc) is 2.76. The van der Waals surface area contributed by atoms with Crippen molar-refractivity contribution < 1.29 is 9.18 Å². The topological polar surface area (TPSA) is 17.1 Å². The molecule has 4 heteroatoms. The van der Waals surface area contributed by atoms with Crippen LogP contribution in [0.1, 0.15) is 27.0 Å². The number of benzene rings is 1. The summed E-state index contributed by atoms with van der Waals surface area (Å²) >= 11 is 7.25. The molecule has 0 bridgehead atoms. The summed E-state index contributed by atoms with van der Waals surface area (Å²) in [5, 5.41) is 0.299. The van der Waals surface area contributed by atoms with E-state index >= 15 is 0 Å². The number of ketones is 1. The van der Waals surface area contributed by atoms with Gasteiger partial charge in [-0.15, -0.1) is 11.3 Å². The third-order valence-corrected chi connectivity index (χ3v) is 4.10. The van der Waals surface area contributed by atoms with Crippen molar-refractivity contribution in [2.24, 2.45) is 0 Å². The van der Waals surface area contributed by atoms with Gasteiger partial charge < -0.3 is 0 Å². The van der Waals surface area contributed by atoms with E-state index in [9.17, 15) is 9.18 Å². The fraction of sp³-hybridized carbons (Fsp3) is 0.214. The summed E-state index contributed by atoms with van der Waals surface area (Å²) in [4.78, 5) is 14.2. The van der Waals surface area contributed by atoms with E-state index in [0.717, 1.165) is 11.3 Å². The number of halogens is 2. The molecule has 0 atom stereocenters. The van der Waals surface area contributed by atoms with Crippen molar-refractivity contribution in [2.45, 2.75) is 19.8 Å². The number of hydrogen-bond acceptors (Lipinski definition) is 2. The summed E-state index contributed by atoms with van der Waals surface area (Å²) in [5.41, 5.74) is 0.103. The highest BCUT2D eigenvalue weighted by Gasteiger charge is 2.13. The molecule has 0 N–H and O–H groups in total. The summed E-state index contributed by atoms with van der Waals surface area (Å²) in [7, 11) is 0. The van der Waals surface area contributed by atoms with Crippen LogP contribution in [-0.4, -0.2) is 5.78 Å². The number of hydrogen-bond donors (Lipinski definition) is 0. The van der Waals surface area contributed by atoms with E-state index in [4.69, 9.17) is 11.6 Å². The first-order valence-corrected chi connectivity index (χ1v) is 6.85. The van der Waals surface area contributed by atoms with E-state index in [1.165, 1.54) is 23.1 Å². The van der Waals surface area contributed by atoms with Gasteiger partial charge in [-0.2, -0.15) is 0 Å². The number of aryl methyl sites for hydroxylation is 1. The van der Waals surface area contributed by atoms with Gasteiger partial charge in [0.15, 0.2) is 5.78 Å². The van der Waals surface area contributed by atoms with Crippen LogP contribution < -0.4 is 0 Å². The van der Waals surface area contributed by atoms with E-state index in [2.05, 4.69) is 6.92 Å². The second-order valence-corrected chi connectivity index (χ2v) is 5.64. The zero-order valence-corrected chi connectivity index (χ0v) is 11.4. The van der Waals surface area contributed by atoms with Crippen LogP contribution in [0, 0.1) is 5.82 Å². The van der Waals surface area contributed by atoms with Crippen LogP contribution in [0.25, 0.3) is 0 Å². The zero-order chi connectivity index (χ0) is 13.1. The Kier molecular flexibility index (Phi) is 4.15. The lowest BCUT2D eigenvalue weighted by molar-refractivity contribution is 0.0990. The van der Waals surface area contributed by atoms with E-state index in [-0.39, 0.29) is 17.8 Å². The summed E-state index contributed by atoms with van der Waals surface area (Å²) in [6, 6.07) is 8.07. The van der Waals surface area contributed by atoms with Crippen molar-refractivity contribution in [2.75, 3.05) is 0 Å². The van der Waals surface area contributed by atoms with Gasteiger partial charge in [0, 0.05) is 21.2 Å². The molecule has 0 saturated heterocycles. The van der Waals surface area contributed by atoms with Gasteiger partial charge in [-0.05, 0) is 36.8 Å². The van der Waals surface area contributed by atoms with Crippen molar-refractivity contribution in [3.8, 4) is 0 Å². The van der Waals surface area contributed by atoms with Crippen LogP contribution in [0.4, 0.5) is 4.39 Å². The van der Waals surface area contributed by atoms with Crippen molar-refractivity contribution in [3.05, 3.63) is 56.5 Å². The minimum Gasteiger partial charge on any atom is -0.294 e. The van der Waals surface area contributed by atoms with Crippen molar-refractivity contribution in [3.63, 3.8) is 0 Å². The molecule has 1 aromatic carbocycles. The van der Waals surface area contributed by atoms with Gasteiger partial charge in [0.05, 0.1) is 5.56 Å². The molecule has 0 saturated carbocycles. The van der Waals surface area contributed by atoms with Crippen LogP contribution in [0.3, 0.4) is 0 Å². The Morgan fingerprint density at radius 2 is 2.00 bits per heavy atom.